The summed E-state index contributed by atoms with van der Waals surface area (Å²) in [5.41, 5.74) is 2.46. The predicted molar refractivity (Wildman–Crippen MR) is 86.6 cm³/mol. The molecule has 0 radical (unpaired) electrons. The Balaban J connectivity index is 2.21. The number of aryl methyl sites for hydroxylation is 1. The number of carbonyl (C=O) groups excluding carboxylic acids is 1. The number of rotatable bonds is 4. The highest BCUT2D eigenvalue weighted by molar-refractivity contribution is 6.32. The third kappa shape index (κ3) is 3.52. The topological polar surface area (TPSA) is 49.8 Å². The predicted octanol–water partition coefficient (Wildman–Crippen LogP) is 3.63. The van der Waals surface area contributed by atoms with Gasteiger partial charge in [0.05, 0.1) is 12.1 Å². The van der Waals surface area contributed by atoms with Gasteiger partial charge in [-0.2, -0.15) is 0 Å². The minimum Gasteiger partial charge on any atom is -0.506 e. The SMILES string of the molecule is COc1ccc(C)cc1CN(C)C(=O)c1ccc(O)c(Cl)c1. The largest absolute Gasteiger partial charge is 0.506 e. The van der Waals surface area contributed by atoms with Gasteiger partial charge in [-0.25, -0.2) is 0 Å². The zero-order chi connectivity index (χ0) is 16.3. The third-order valence-corrected chi connectivity index (χ3v) is 3.69. The molecule has 0 aliphatic rings. The molecule has 0 saturated carbocycles. The van der Waals surface area contributed by atoms with Crippen molar-refractivity contribution in [2.45, 2.75) is 13.5 Å². The Hall–Kier alpha value is -2.20. The lowest BCUT2D eigenvalue weighted by Crippen LogP contribution is -2.26. The Bertz CT molecular complexity index is 700. The van der Waals surface area contributed by atoms with Gasteiger partial charge in [-0.3, -0.25) is 4.79 Å². The number of phenolic OH excluding ortho intramolecular Hbond substituents is 1. The lowest BCUT2D eigenvalue weighted by atomic mass is 10.1. The van der Waals surface area contributed by atoms with Gasteiger partial charge in [0.15, 0.2) is 0 Å². The molecule has 2 rings (SSSR count). The second-order valence-corrected chi connectivity index (χ2v) is 5.55. The van der Waals surface area contributed by atoms with E-state index < -0.39 is 0 Å². The van der Waals surface area contributed by atoms with Crippen LogP contribution in [0.4, 0.5) is 0 Å². The summed E-state index contributed by atoms with van der Waals surface area (Å²) < 4.78 is 5.33. The van der Waals surface area contributed by atoms with Crippen LogP contribution < -0.4 is 4.74 Å². The molecule has 0 aromatic heterocycles. The summed E-state index contributed by atoms with van der Waals surface area (Å²) in [5.74, 6) is 0.528. The van der Waals surface area contributed by atoms with Crippen LogP contribution >= 0.6 is 11.6 Å². The second kappa shape index (κ2) is 6.71. The van der Waals surface area contributed by atoms with Gasteiger partial charge < -0.3 is 14.7 Å². The minimum atomic E-state index is -0.176. The molecule has 0 bridgehead atoms. The van der Waals surface area contributed by atoms with Crippen LogP contribution in [-0.4, -0.2) is 30.1 Å². The van der Waals surface area contributed by atoms with Crippen LogP contribution in [0.15, 0.2) is 36.4 Å². The van der Waals surface area contributed by atoms with Crippen LogP contribution in [0.2, 0.25) is 5.02 Å². The second-order valence-electron chi connectivity index (χ2n) is 5.14. The van der Waals surface area contributed by atoms with Gasteiger partial charge in [0.2, 0.25) is 0 Å². The van der Waals surface area contributed by atoms with Crippen LogP contribution in [0.5, 0.6) is 11.5 Å². The molecule has 1 N–H and O–H groups in total. The molecule has 0 fully saturated rings. The van der Waals surface area contributed by atoms with E-state index in [1.165, 1.54) is 12.1 Å². The molecule has 0 aliphatic heterocycles. The number of aromatic hydroxyl groups is 1. The average molecular weight is 320 g/mol. The van der Waals surface area contributed by atoms with Gasteiger partial charge in [0.1, 0.15) is 11.5 Å². The third-order valence-electron chi connectivity index (χ3n) is 3.38. The summed E-state index contributed by atoms with van der Waals surface area (Å²) in [6, 6.07) is 10.3. The van der Waals surface area contributed by atoms with Crippen molar-refractivity contribution in [3.8, 4) is 11.5 Å². The van der Waals surface area contributed by atoms with Crippen molar-refractivity contribution >= 4 is 17.5 Å². The van der Waals surface area contributed by atoms with Crippen molar-refractivity contribution in [2.75, 3.05) is 14.2 Å². The number of methoxy groups -OCH3 is 1. The number of carbonyl (C=O) groups is 1. The van der Waals surface area contributed by atoms with E-state index in [0.29, 0.717) is 12.1 Å². The van der Waals surface area contributed by atoms with Gasteiger partial charge in [-0.05, 0) is 31.2 Å². The maximum absolute atomic E-state index is 12.4. The number of hydrogen-bond donors (Lipinski definition) is 1. The summed E-state index contributed by atoms with van der Waals surface area (Å²) in [4.78, 5) is 14.0. The molecule has 1 amide bonds. The highest BCUT2D eigenvalue weighted by Crippen LogP contribution is 2.25. The number of halogens is 1. The summed E-state index contributed by atoms with van der Waals surface area (Å²) >= 11 is 5.85. The molecule has 4 nitrogen and oxygen atoms in total. The first kappa shape index (κ1) is 16.2. The number of benzene rings is 2. The maximum Gasteiger partial charge on any atom is 0.253 e. The van der Waals surface area contributed by atoms with Gasteiger partial charge in [0.25, 0.3) is 5.91 Å². The molecule has 0 spiro atoms. The van der Waals surface area contributed by atoms with E-state index in [1.54, 1.807) is 25.1 Å². The van der Waals surface area contributed by atoms with Crippen LogP contribution in [0.25, 0.3) is 0 Å². The Labute approximate surface area is 134 Å². The summed E-state index contributed by atoms with van der Waals surface area (Å²) in [6.45, 7) is 2.41. The van der Waals surface area contributed by atoms with E-state index >= 15 is 0 Å². The maximum atomic E-state index is 12.4. The quantitative estimate of drug-likeness (QED) is 0.936. The molecule has 2 aromatic rings. The summed E-state index contributed by atoms with van der Waals surface area (Å²) in [7, 11) is 3.32. The van der Waals surface area contributed by atoms with Crippen molar-refractivity contribution in [1.29, 1.82) is 0 Å². The number of phenols is 1. The van der Waals surface area contributed by atoms with Crippen molar-refractivity contribution < 1.29 is 14.6 Å². The first-order valence-corrected chi connectivity index (χ1v) is 7.17. The van der Waals surface area contributed by atoms with E-state index in [9.17, 15) is 9.90 Å². The zero-order valence-electron chi connectivity index (χ0n) is 12.8. The molecule has 5 heteroatoms. The molecule has 0 atom stereocenters. The molecule has 22 heavy (non-hydrogen) atoms. The number of amides is 1. The molecule has 0 unspecified atom stereocenters. The lowest BCUT2D eigenvalue weighted by molar-refractivity contribution is 0.0784. The normalized spacial score (nSPS) is 10.4. The van der Waals surface area contributed by atoms with E-state index in [2.05, 4.69) is 0 Å². The number of nitrogens with zero attached hydrogens (tertiary/aromatic N) is 1. The minimum absolute atomic E-state index is 0.0405. The average Bonchev–Trinajstić information content (AvgIpc) is 2.49. The van der Waals surface area contributed by atoms with Crippen molar-refractivity contribution in [1.82, 2.24) is 4.90 Å². The molecule has 0 saturated heterocycles. The monoisotopic (exact) mass is 319 g/mol. The fourth-order valence-corrected chi connectivity index (χ4v) is 2.40. The highest BCUT2D eigenvalue weighted by Gasteiger charge is 2.15. The van der Waals surface area contributed by atoms with Crippen molar-refractivity contribution in [2.24, 2.45) is 0 Å². The molecule has 0 aliphatic carbocycles. The highest BCUT2D eigenvalue weighted by atomic mass is 35.5. The van der Waals surface area contributed by atoms with Crippen LogP contribution in [0.1, 0.15) is 21.5 Å². The first-order valence-electron chi connectivity index (χ1n) is 6.80. The Morgan fingerprint density at radius 2 is 2.00 bits per heavy atom. The Kier molecular flexibility index (Phi) is 4.93. The molecular formula is C17H18ClNO3. The van der Waals surface area contributed by atoms with E-state index in [1.807, 2.05) is 25.1 Å². The smallest absolute Gasteiger partial charge is 0.253 e. The fourth-order valence-electron chi connectivity index (χ4n) is 2.22. The van der Waals surface area contributed by atoms with Crippen LogP contribution in [-0.2, 0) is 6.54 Å². The standard InChI is InChI=1S/C17H18ClNO3/c1-11-4-7-16(22-3)13(8-11)10-19(2)17(21)12-5-6-15(20)14(18)9-12/h4-9,20H,10H2,1-3H3. The Morgan fingerprint density at radius 1 is 1.27 bits per heavy atom. The van der Waals surface area contributed by atoms with Crippen molar-refractivity contribution in [3.63, 3.8) is 0 Å². The van der Waals surface area contributed by atoms with E-state index in [0.717, 1.165) is 16.9 Å². The Morgan fingerprint density at radius 3 is 2.64 bits per heavy atom. The van der Waals surface area contributed by atoms with Crippen LogP contribution in [0.3, 0.4) is 0 Å². The molecule has 116 valence electrons. The van der Waals surface area contributed by atoms with Gasteiger partial charge in [-0.1, -0.05) is 29.3 Å². The van der Waals surface area contributed by atoms with Gasteiger partial charge in [0, 0.05) is 24.7 Å². The molecule has 2 aromatic carbocycles. The number of ether oxygens (including phenoxy) is 1. The molecular weight excluding hydrogens is 302 g/mol. The number of hydrogen-bond acceptors (Lipinski definition) is 3. The van der Waals surface area contributed by atoms with Gasteiger partial charge in [-0.15, -0.1) is 0 Å². The summed E-state index contributed by atoms with van der Waals surface area (Å²) in [6.07, 6.45) is 0. The van der Waals surface area contributed by atoms with Crippen LogP contribution in [0, 0.1) is 6.92 Å². The van der Waals surface area contributed by atoms with E-state index in [-0.39, 0.29) is 16.7 Å². The molecule has 0 heterocycles. The van der Waals surface area contributed by atoms with E-state index in [4.69, 9.17) is 16.3 Å². The van der Waals surface area contributed by atoms with Crippen molar-refractivity contribution in [3.05, 3.63) is 58.1 Å². The lowest BCUT2D eigenvalue weighted by Gasteiger charge is -2.19. The summed E-state index contributed by atoms with van der Waals surface area (Å²) in [5, 5.41) is 9.58. The first-order chi connectivity index (χ1) is 10.4. The van der Waals surface area contributed by atoms with Gasteiger partial charge >= 0.3 is 0 Å². The zero-order valence-corrected chi connectivity index (χ0v) is 13.5. The fraction of sp³-hybridized carbons (Fsp3) is 0.235.